The number of allylic oxidation sites excluding steroid dienone is 2. The van der Waals surface area contributed by atoms with Crippen LogP contribution in [0.3, 0.4) is 0 Å². The standard InChI is InChI=1S/C5H6/c1-3-5-4-2/h1,3H,2,5H2. The molecule has 0 spiro atoms. The van der Waals surface area contributed by atoms with E-state index in [1.165, 1.54) is 6.08 Å². The van der Waals surface area contributed by atoms with Gasteiger partial charge in [0.15, 0.2) is 0 Å². The van der Waals surface area contributed by atoms with E-state index in [1.807, 2.05) is 0 Å². The van der Waals surface area contributed by atoms with Crippen molar-refractivity contribution in [2.75, 3.05) is 0 Å². The molecule has 0 aliphatic rings. The molecule has 5 heavy (non-hydrogen) atoms. The summed E-state index contributed by atoms with van der Waals surface area (Å²) in [6.45, 7) is 8.23. The second-order valence-electron chi connectivity index (χ2n) is 0.690. The lowest BCUT2D eigenvalue weighted by Gasteiger charge is -1.63. The fourth-order valence-electron chi connectivity index (χ4n) is 0.0833. The Bertz CT molecular complexity index is 29.3. The zero-order chi connectivity index (χ0) is 4.12. The highest BCUT2D eigenvalue weighted by Crippen LogP contribution is 1.71. The summed E-state index contributed by atoms with van der Waals surface area (Å²) in [5.41, 5.74) is 0. The summed E-state index contributed by atoms with van der Waals surface area (Å²) in [6, 6.07) is 0. The third-order valence-corrected chi connectivity index (χ3v) is 0.262. The Morgan fingerprint density at radius 1 is 2.00 bits per heavy atom. The van der Waals surface area contributed by atoms with Crippen molar-refractivity contribution in [1.82, 2.24) is 0 Å². The first-order valence-electron chi connectivity index (χ1n) is 1.45. The summed E-state index contributed by atoms with van der Waals surface area (Å²) >= 11 is 0. The number of rotatable bonds is 2. The molecule has 2 radical (unpaired) electrons. The second kappa shape index (κ2) is 3.48. The maximum absolute atomic E-state index is 4.91. The molecule has 0 aromatic carbocycles. The van der Waals surface area contributed by atoms with E-state index in [-0.39, 0.29) is 0 Å². The van der Waals surface area contributed by atoms with Gasteiger partial charge in [0, 0.05) is 0 Å². The van der Waals surface area contributed by atoms with E-state index in [0.29, 0.717) is 6.42 Å². The van der Waals surface area contributed by atoms with Crippen LogP contribution in [-0.2, 0) is 0 Å². The summed E-state index contributed by atoms with van der Waals surface area (Å²) in [5, 5.41) is 0. The van der Waals surface area contributed by atoms with Crippen molar-refractivity contribution in [3.05, 3.63) is 25.3 Å². The van der Waals surface area contributed by atoms with Crippen LogP contribution in [0.2, 0.25) is 0 Å². The van der Waals surface area contributed by atoms with Gasteiger partial charge in [-0.2, -0.15) is 0 Å². The first kappa shape index (κ1) is 4.48. The van der Waals surface area contributed by atoms with E-state index in [2.05, 4.69) is 12.7 Å². The average molecular weight is 66.1 g/mol. The smallest absolute Gasteiger partial charge is 0.00976 e. The van der Waals surface area contributed by atoms with Gasteiger partial charge in [0.05, 0.1) is 0 Å². The van der Waals surface area contributed by atoms with Crippen LogP contribution in [0, 0.1) is 12.7 Å². The van der Waals surface area contributed by atoms with Crippen molar-refractivity contribution in [2.24, 2.45) is 0 Å². The molecule has 0 aromatic rings. The Balaban J connectivity index is 2.65. The Morgan fingerprint density at radius 3 is 2.60 bits per heavy atom. The monoisotopic (exact) mass is 66.0 g/mol. The molecular weight excluding hydrogens is 60.1 g/mol. The lowest BCUT2D eigenvalue weighted by atomic mass is 10.4. The van der Waals surface area contributed by atoms with Gasteiger partial charge in [0.25, 0.3) is 0 Å². The van der Waals surface area contributed by atoms with Gasteiger partial charge in [-0.3, -0.25) is 0 Å². The summed E-state index contributed by atoms with van der Waals surface area (Å²) < 4.78 is 0. The summed E-state index contributed by atoms with van der Waals surface area (Å²) in [7, 11) is 0. The van der Waals surface area contributed by atoms with Crippen LogP contribution >= 0.6 is 0 Å². The van der Waals surface area contributed by atoms with E-state index >= 15 is 0 Å². The van der Waals surface area contributed by atoms with Gasteiger partial charge < -0.3 is 0 Å². The summed E-state index contributed by atoms with van der Waals surface area (Å²) in [6.07, 6.45) is 4.77. The van der Waals surface area contributed by atoms with Crippen LogP contribution in [0.15, 0.2) is 12.7 Å². The van der Waals surface area contributed by atoms with E-state index in [0.717, 1.165) is 0 Å². The molecule has 0 aliphatic carbocycles. The molecule has 0 aliphatic heterocycles. The molecule has 0 atom stereocenters. The Morgan fingerprint density at radius 2 is 2.60 bits per heavy atom. The van der Waals surface area contributed by atoms with Crippen molar-refractivity contribution in [3.63, 3.8) is 0 Å². The minimum atomic E-state index is 0.681. The molecule has 0 saturated carbocycles. The highest BCUT2D eigenvalue weighted by molar-refractivity contribution is 4.69. The molecule has 26 valence electrons. The van der Waals surface area contributed by atoms with E-state index in [9.17, 15) is 0 Å². The van der Waals surface area contributed by atoms with Gasteiger partial charge in [-0.25, -0.2) is 0 Å². The van der Waals surface area contributed by atoms with Gasteiger partial charge in [0.2, 0.25) is 0 Å². The third kappa shape index (κ3) is 3.48. The van der Waals surface area contributed by atoms with Gasteiger partial charge in [0.1, 0.15) is 0 Å². The molecule has 0 fully saturated rings. The topological polar surface area (TPSA) is 0 Å². The van der Waals surface area contributed by atoms with E-state index in [1.54, 1.807) is 0 Å². The van der Waals surface area contributed by atoms with Crippen LogP contribution < -0.4 is 0 Å². The summed E-state index contributed by atoms with van der Waals surface area (Å²) in [5.74, 6) is 0. The van der Waals surface area contributed by atoms with Crippen molar-refractivity contribution in [2.45, 2.75) is 6.42 Å². The maximum atomic E-state index is 4.91. The van der Waals surface area contributed by atoms with Crippen LogP contribution in [0.25, 0.3) is 0 Å². The van der Waals surface area contributed by atoms with Crippen LogP contribution in [0.5, 0.6) is 0 Å². The Labute approximate surface area is 32.8 Å². The zero-order valence-corrected chi connectivity index (χ0v) is 3.07. The SMILES string of the molecule is [CH]=CC[C]=C. The number of hydrogen-bond acceptors (Lipinski definition) is 0. The van der Waals surface area contributed by atoms with Crippen LogP contribution in [0.4, 0.5) is 0 Å². The van der Waals surface area contributed by atoms with Gasteiger partial charge in [-0.15, -0.1) is 0 Å². The summed E-state index contributed by atoms with van der Waals surface area (Å²) in [4.78, 5) is 0. The Kier molecular flexibility index (Phi) is 3.12. The molecule has 0 rings (SSSR count). The molecular formula is C5H6. The van der Waals surface area contributed by atoms with E-state index < -0.39 is 0 Å². The van der Waals surface area contributed by atoms with Gasteiger partial charge in [-0.1, -0.05) is 19.2 Å². The quantitative estimate of drug-likeness (QED) is 0.456. The second-order valence-corrected chi connectivity index (χ2v) is 0.690. The lowest BCUT2D eigenvalue weighted by Crippen LogP contribution is -1.45. The highest BCUT2D eigenvalue weighted by Gasteiger charge is 1.54. The molecule has 0 N–H and O–H groups in total. The average Bonchev–Trinajstić information content (AvgIpc) is 1.41. The Hall–Kier alpha value is -0.520. The first-order valence-corrected chi connectivity index (χ1v) is 1.45. The predicted molar refractivity (Wildman–Crippen MR) is 22.4 cm³/mol. The molecule has 0 bridgehead atoms. The van der Waals surface area contributed by atoms with Gasteiger partial charge >= 0.3 is 0 Å². The molecule has 0 amide bonds. The third-order valence-electron chi connectivity index (χ3n) is 0.262. The highest BCUT2D eigenvalue weighted by atomic mass is 13.6. The fraction of sp³-hybridized carbons (Fsp3) is 0.200. The van der Waals surface area contributed by atoms with Crippen molar-refractivity contribution < 1.29 is 0 Å². The molecule has 0 unspecified atom stereocenters. The largest absolute Gasteiger partial charge is 0.0953 e. The molecule has 0 heteroatoms. The molecule has 0 heterocycles. The van der Waals surface area contributed by atoms with Crippen molar-refractivity contribution >= 4 is 0 Å². The minimum absolute atomic E-state index is 0.681. The lowest BCUT2D eigenvalue weighted by molar-refractivity contribution is 1.36. The normalized spacial score (nSPS) is 6.40. The fourth-order valence-corrected chi connectivity index (χ4v) is 0.0833. The predicted octanol–water partition coefficient (Wildman–Crippen LogP) is 1.35. The maximum Gasteiger partial charge on any atom is -0.00976 e. The zero-order valence-electron chi connectivity index (χ0n) is 3.07. The van der Waals surface area contributed by atoms with Gasteiger partial charge in [-0.05, 0) is 12.5 Å². The van der Waals surface area contributed by atoms with E-state index in [4.69, 9.17) is 6.58 Å². The molecule has 0 aromatic heterocycles. The van der Waals surface area contributed by atoms with Crippen LogP contribution in [-0.4, -0.2) is 0 Å². The van der Waals surface area contributed by atoms with Crippen LogP contribution in [0.1, 0.15) is 6.42 Å². The molecule has 0 saturated heterocycles. The van der Waals surface area contributed by atoms with Crippen molar-refractivity contribution in [3.8, 4) is 0 Å². The minimum Gasteiger partial charge on any atom is -0.0953 e. The number of hydrogen-bond donors (Lipinski definition) is 0. The first-order chi connectivity index (χ1) is 2.41. The van der Waals surface area contributed by atoms with Crippen molar-refractivity contribution in [1.29, 1.82) is 0 Å². The molecule has 0 nitrogen and oxygen atoms in total.